The van der Waals surface area contributed by atoms with Gasteiger partial charge in [0.1, 0.15) is 5.69 Å². The van der Waals surface area contributed by atoms with Gasteiger partial charge >= 0.3 is 5.97 Å². The number of aliphatic hydroxyl groups is 1. The predicted octanol–water partition coefficient (Wildman–Crippen LogP) is 0.419. The highest BCUT2D eigenvalue weighted by atomic mass is 16.4. The van der Waals surface area contributed by atoms with Crippen LogP contribution >= 0.6 is 0 Å². The van der Waals surface area contributed by atoms with E-state index >= 15 is 0 Å². The van der Waals surface area contributed by atoms with Gasteiger partial charge in [-0.1, -0.05) is 5.21 Å². The van der Waals surface area contributed by atoms with E-state index in [0.717, 1.165) is 0 Å². The third-order valence-electron chi connectivity index (χ3n) is 2.33. The van der Waals surface area contributed by atoms with Crippen LogP contribution in [-0.2, 0) is 6.54 Å². The lowest BCUT2D eigenvalue weighted by molar-refractivity contribution is 0.0691. The van der Waals surface area contributed by atoms with Crippen LogP contribution in [0.1, 0.15) is 17.4 Å². The molecule has 0 saturated carbocycles. The van der Waals surface area contributed by atoms with Crippen molar-refractivity contribution in [2.24, 2.45) is 0 Å². The minimum absolute atomic E-state index is 0.137. The average molecular weight is 248 g/mol. The van der Waals surface area contributed by atoms with Gasteiger partial charge in [-0.2, -0.15) is 0 Å². The van der Waals surface area contributed by atoms with Crippen molar-refractivity contribution in [3.05, 3.63) is 30.2 Å². The third kappa shape index (κ3) is 2.35. The molecule has 1 unspecified atom stereocenters. The summed E-state index contributed by atoms with van der Waals surface area (Å²) in [6.07, 6.45) is 2.47. The molecule has 0 amide bonds. The van der Waals surface area contributed by atoms with Gasteiger partial charge in [0.2, 0.25) is 0 Å². The Morgan fingerprint density at radius 3 is 2.67 bits per heavy atom. The van der Waals surface area contributed by atoms with Gasteiger partial charge in [-0.15, -0.1) is 5.10 Å². The van der Waals surface area contributed by atoms with Gasteiger partial charge in [-0.25, -0.2) is 9.48 Å². The van der Waals surface area contributed by atoms with Crippen molar-refractivity contribution in [1.29, 1.82) is 0 Å². The van der Waals surface area contributed by atoms with Gasteiger partial charge in [-0.05, 0) is 19.1 Å². The number of hydrogen-bond donors (Lipinski definition) is 2. The second-order valence-electron chi connectivity index (χ2n) is 3.86. The highest BCUT2D eigenvalue weighted by molar-refractivity contribution is 5.92. The maximum Gasteiger partial charge on any atom is 0.358 e. The summed E-state index contributed by atoms with van der Waals surface area (Å²) in [4.78, 5) is 15.0. The lowest BCUT2D eigenvalue weighted by Crippen LogP contribution is -2.14. The first kappa shape index (κ1) is 12.2. The quantitative estimate of drug-likeness (QED) is 0.813. The van der Waals surface area contributed by atoms with E-state index in [0.29, 0.717) is 11.3 Å². The smallest absolute Gasteiger partial charge is 0.358 e. The minimum atomic E-state index is -1.15. The molecule has 0 bridgehead atoms. The Morgan fingerprint density at radius 2 is 2.11 bits per heavy atom. The molecule has 94 valence electrons. The molecule has 0 aliphatic heterocycles. The zero-order chi connectivity index (χ0) is 13.1. The zero-order valence-electron chi connectivity index (χ0n) is 9.69. The normalized spacial score (nSPS) is 12.3. The van der Waals surface area contributed by atoms with E-state index in [1.165, 1.54) is 4.68 Å². The molecule has 2 rings (SSSR count). The standard InChI is InChI=1S/C11H12N4O3/c1-7(16)6-15-10(8-2-4-12-5-3-8)9(11(17)18)13-14-15/h2-5,7,16H,6H2,1H3,(H,17,18). The molecular formula is C11H12N4O3. The van der Waals surface area contributed by atoms with Crippen molar-refractivity contribution in [3.8, 4) is 11.3 Å². The Morgan fingerprint density at radius 1 is 1.44 bits per heavy atom. The highest BCUT2D eigenvalue weighted by Gasteiger charge is 2.20. The maximum absolute atomic E-state index is 11.1. The molecule has 0 radical (unpaired) electrons. The molecule has 2 N–H and O–H groups in total. The molecule has 2 heterocycles. The fraction of sp³-hybridized carbons (Fsp3) is 0.273. The number of nitrogens with zero attached hydrogens (tertiary/aromatic N) is 4. The van der Waals surface area contributed by atoms with E-state index in [1.54, 1.807) is 31.5 Å². The number of carbonyl (C=O) groups is 1. The second-order valence-corrected chi connectivity index (χ2v) is 3.86. The lowest BCUT2D eigenvalue weighted by Gasteiger charge is -2.08. The van der Waals surface area contributed by atoms with Crippen molar-refractivity contribution in [3.63, 3.8) is 0 Å². The number of carboxylic acids is 1. The van der Waals surface area contributed by atoms with E-state index in [1.807, 2.05) is 0 Å². The van der Waals surface area contributed by atoms with Crippen LogP contribution in [0, 0.1) is 0 Å². The molecule has 0 fully saturated rings. The van der Waals surface area contributed by atoms with E-state index < -0.39 is 12.1 Å². The molecule has 0 aliphatic rings. The molecule has 2 aromatic heterocycles. The highest BCUT2D eigenvalue weighted by Crippen LogP contribution is 2.21. The Bertz CT molecular complexity index is 551. The number of hydrogen-bond acceptors (Lipinski definition) is 5. The lowest BCUT2D eigenvalue weighted by atomic mass is 10.1. The molecule has 1 atom stereocenters. The molecule has 0 aliphatic carbocycles. The summed E-state index contributed by atoms with van der Waals surface area (Å²) in [5, 5.41) is 25.8. The minimum Gasteiger partial charge on any atom is -0.476 e. The third-order valence-corrected chi connectivity index (χ3v) is 2.33. The predicted molar refractivity (Wildman–Crippen MR) is 61.9 cm³/mol. The van der Waals surface area contributed by atoms with Gasteiger partial charge in [0.05, 0.1) is 12.6 Å². The Hall–Kier alpha value is -2.28. The van der Waals surface area contributed by atoms with Crippen LogP contribution in [0.2, 0.25) is 0 Å². The summed E-state index contributed by atoms with van der Waals surface area (Å²) in [5.74, 6) is -1.15. The van der Waals surface area contributed by atoms with Crippen molar-refractivity contribution in [1.82, 2.24) is 20.0 Å². The Balaban J connectivity index is 2.54. The topological polar surface area (TPSA) is 101 Å². The number of aromatic carboxylic acids is 1. The van der Waals surface area contributed by atoms with Crippen LogP contribution in [0.15, 0.2) is 24.5 Å². The number of aromatic nitrogens is 4. The molecule has 0 saturated heterocycles. The van der Waals surface area contributed by atoms with E-state index in [9.17, 15) is 9.90 Å². The first-order valence-corrected chi connectivity index (χ1v) is 5.35. The summed E-state index contributed by atoms with van der Waals surface area (Å²) in [6, 6.07) is 3.34. The molecule has 7 nitrogen and oxygen atoms in total. The van der Waals surface area contributed by atoms with E-state index in [2.05, 4.69) is 15.3 Å². The summed E-state index contributed by atoms with van der Waals surface area (Å²) >= 11 is 0. The number of rotatable bonds is 4. The van der Waals surface area contributed by atoms with Crippen LogP contribution in [-0.4, -0.2) is 42.3 Å². The second kappa shape index (κ2) is 4.92. The first-order valence-electron chi connectivity index (χ1n) is 5.35. The number of aliphatic hydroxyl groups excluding tert-OH is 1. The van der Waals surface area contributed by atoms with Gasteiger partial charge < -0.3 is 10.2 Å². The molecule has 2 aromatic rings. The van der Waals surface area contributed by atoms with E-state index in [4.69, 9.17) is 5.11 Å². The summed E-state index contributed by atoms with van der Waals surface area (Å²) < 4.78 is 1.38. The Kier molecular flexibility index (Phi) is 3.33. The van der Waals surface area contributed by atoms with Gasteiger partial charge in [0.25, 0.3) is 0 Å². The molecule has 18 heavy (non-hydrogen) atoms. The van der Waals surface area contributed by atoms with Crippen molar-refractivity contribution in [2.45, 2.75) is 19.6 Å². The summed E-state index contributed by atoms with van der Waals surface area (Å²) in [6.45, 7) is 1.77. The fourth-order valence-corrected chi connectivity index (χ4v) is 1.63. The van der Waals surface area contributed by atoms with Crippen LogP contribution in [0.4, 0.5) is 0 Å². The summed E-state index contributed by atoms with van der Waals surface area (Å²) in [5.41, 5.74) is 0.876. The van der Waals surface area contributed by atoms with Gasteiger partial charge in [0.15, 0.2) is 5.69 Å². The maximum atomic E-state index is 11.1. The summed E-state index contributed by atoms with van der Waals surface area (Å²) in [7, 11) is 0. The largest absolute Gasteiger partial charge is 0.476 e. The van der Waals surface area contributed by atoms with Crippen LogP contribution in [0.5, 0.6) is 0 Å². The van der Waals surface area contributed by atoms with Crippen molar-refractivity contribution >= 4 is 5.97 Å². The number of pyridine rings is 1. The monoisotopic (exact) mass is 248 g/mol. The van der Waals surface area contributed by atoms with E-state index in [-0.39, 0.29) is 12.2 Å². The fourth-order valence-electron chi connectivity index (χ4n) is 1.63. The molecule has 7 heteroatoms. The average Bonchev–Trinajstić information content (AvgIpc) is 2.73. The van der Waals surface area contributed by atoms with Gasteiger partial charge in [0, 0.05) is 18.0 Å². The molecule has 0 spiro atoms. The Labute approximate surface area is 103 Å². The molecular weight excluding hydrogens is 236 g/mol. The van der Waals surface area contributed by atoms with Gasteiger partial charge in [-0.3, -0.25) is 4.98 Å². The number of carboxylic acid groups (broad SMARTS) is 1. The van der Waals surface area contributed by atoms with Crippen LogP contribution in [0.3, 0.4) is 0 Å². The van der Waals surface area contributed by atoms with Crippen molar-refractivity contribution in [2.75, 3.05) is 0 Å². The molecule has 0 aromatic carbocycles. The first-order chi connectivity index (χ1) is 8.59. The van der Waals surface area contributed by atoms with Crippen molar-refractivity contribution < 1.29 is 15.0 Å². The zero-order valence-corrected chi connectivity index (χ0v) is 9.69. The van der Waals surface area contributed by atoms with Crippen LogP contribution < -0.4 is 0 Å². The SMILES string of the molecule is CC(O)Cn1nnc(C(=O)O)c1-c1ccncc1. The van der Waals surface area contributed by atoms with Crippen LogP contribution in [0.25, 0.3) is 11.3 Å².